The summed E-state index contributed by atoms with van der Waals surface area (Å²) in [5.74, 6) is 1.78. The lowest BCUT2D eigenvalue weighted by Crippen LogP contribution is -2.39. The normalized spacial score (nSPS) is 32.9. The summed E-state index contributed by atoms with van der Waals surface area (Å²) in [7, 11) is 0. The van der Waals surface area contributed by atoms with Gasteiger partial charge in [-0.25, -0.2) is 0 Å². The third-order valence-corrected chi connectivity index (χ3v) is 6.00. The molecule has 21 heavy (non-hydrogen) atoms. The second-order valence-electron chi connectivity index (χ2n) is 7.29. The Morgan fingerprint density at radius 2 is 2.19 bits per heavy atom. The van der Waals surface area contributed by atoms with Gasteiger partial charge in [0.2, 0.25) is 0 Å². The standard InChI is InChI=1S/C20H24O/c1-2-3-5-15-6-4-7-19-18(15)11-17(21)13-20(19)12-14-8-9-16(20)10-14/h4,6-9,14,16H,2-3,5,10-13H2,1H3. The molecule has 1 aromatic carbocycles. The predicted octanol–water partition coefficient (Wildman–Crippen LogP) is 4.38. The first kappa shape index (κ1) is 13.3. The number of ketones is 1. The molecule has 1 fully saturated rings. The number of hydrogen-bond acceptors (Lipinski definition) is 1. The third kappa shape index (κ3) is 1.93. The number of unbranched alkanes of at least 4 members (excludes halogenated alkanes) is 1. The average molecular weight is 280 g/mol. The van der Waals surface area contributed by atoms with E-state index in [9.17, 15) is 4.79 Å². The molecule has 3 aliphatic rings. The number of allylic oxidation sites excluding steroid dienone is 2. The number of rotatable bonds is 3. The second-order valence-corrected chi connectivity index (χ2v) is 7.29. The maximum absolute atomic E-state index is 12.5. The van der Waals surface area contributed by atoms with E-state index in [0.29, 0.717) is 24.0 Å². The average Bonchev–Trinajstić information content (AvgIpc) is 3.06. The van der Waals surface area contributed by atoms with Gasteiger partial charge in [-0.3, -0.25) is 4.79 Å². The lowest BCUT2D eigenvalue weighted by atomic mass is 9.62. The summed E-state index contributed by atoms with van der Waals surface area (Å²) in [6, 6.07) is 6.81. The lowest BCUT2D eigenvalue weighted by molar-refractivity contribution is -0.120. The van der Waals surface area contributed by atoms with Crippen molar-refractivity contribution in [2.24, 2.45) is 11.8 Å². The molecular weight excluding hydrogens is 256 g/mol. The minimum absolute atomic E-state index is 0.145. The molecule has 0 heterocycles. The fraction of sp³-hybridized carbons (Fsp3) is 0.550. The van der Waals surface area contributed by atoms with E-state index in [0.717, 1.165) is 12.8 Å². The van der Waals surface area contributed by atoms with Crippen LogP contribution < -0.4 is 0 Å². The van der Waals surface area contributed by atoms with Gasteiger partial charge in [0.25, 0.3) is 0 Å². The Balaban J connectivity index is 1.81. The SMILES string of the molecule is CCCCc1cccc2c1CC(=O)CC21CC2C=CC1C2. The molecule has 0 amide bonds. The maximum Gasteiger partial charge on any atom is 0.138 e. The van der Waals surface area contributed by atoms with E-state index in [1.165, 1.54) is 42.4 Å². The van der Waals surface area contributed by atoms with Crippen LogP contribution in [0.25, 0.3) is 0 Å². The number of aryl methyl sites for hydroxylation is 1. The molecular formula is C20H24O. The number of fused-ring (bicyclic) bond motifs is 5. The van der Waals surface area contributed by atoms with Crippen LogP contribution in [0.2, 0.25) is 0 Å². The summed E-state index contributed by atoms with van der Waals surface area (Å²) in [6.07, 6.45) is 12.3. The van der Waals surface area contributed by atoms with Crippen LogP contribution in [-0.2, 0) is 23.1 Å². The first-order chi connectivity index (χ1) is 10.2. The number of benzene rings is 1. The highest BCUT2D eigenvalue weighted by Gasteiger charge is 2.52. The van der Waals surface area contributed by atoms with E-state index in [1.54, 1.807) is 0 Å². The Morgan fingerprint density at radius 1 is 1.29 bits per heavy atom. The van der Waals surface area contributed by atoms with E-state index in [-0.39, 0.29) is 5.41 Å². The molecule has 1 aromatic rings. The van der Waals surface area contributed by atoms with Gasteiger partial charge in [0.05, 0.1) is 0 Å². The summed E-state index contributed by atoms with van der Waals surface area (Å²) in [5, 5.41) is 0. The smallest absolute Gasteiger partial charge is 0.138 e. The van der Waals surface area contributed by atoms with Crippen molar-refractivity contribution >= 4 is 5.78 Å². The Labute approximate surface area is 127 Å². The molecule has 3 atom stereocenters. The van der Waals surface area contributed by atoms with Gasteiger partial charge < -0.3 is 0 Å². The fourth-order valence-electron chi connectivity index (χ4n) is 5.09. The molecule has 3 aliphatic carbocycles. The van der Waals surface area contributed by atoms with Gasteiger partial charge in [-0.1, -0.05) is 43.7 Å². The zero-order valence-electron chi connectivity index (χ0n) is 12.9. The molecule has 4 rings (SSSR count). The Kier molecular flexibility index (Phi) is 3.06. The van der Waals surface area contributed by atoms with Gasteiger partial charge in [-0.15, -0.1) is 0 Å². The van der Waals surface area contributed by atoms with Crippen molar-refractivity contribution in [3.63, 3.8) is 0 Å². The van der Waals surface area contributed by atoms with Gasteiger partial charge in [0.15, 0.2) is 0 Å². The van der Waals surface area contributed by atoms with E-state index in [2.05, 4.69) is 37.3 Å². The van der Waals surface area contributed by atoms with Crippen molar-refractivity contribution in [3.05, 3.63) is 47.0 Å². The van der Waals surface area contributed by atoms with Crippen LogP contribution in [0.4, 0.5) is 0 Å². The van der Waals surface area contributed by atoms with Crippen molar-refractivity contribution in [1.82, 2.24) is 0 Å². The fourth-order valence-corrected chi connectivity index (χ4v) is 5.09. The van der Waals surface area contributed by atoms with Crippen LogP contribution in [0.5, 0.6) is 0 Å². The molecule has 0 aromatic heterocycles. The summed E-state index contributed by atoms with van der Waals surface area (Å²) in [6.45, 7) is 2.24. The van der Waals surface area contributed by atoms with Crippen LogP contribution in [0, 0.1) is 11.8 Å². The molecule has 1 spiro atoms. The highest BCUT2D eigenvalue weighted by molar-refractivity contribution is 5.86. The van der Waals surface area contributed by atoms with Crippen LogP contribution in [0.1, 0.15) is 55.7 Å². The Morgan fingerprint density at radius 3 is 2.90 bits per heavy atom. The Hall–Kier alpha value is -1.37. The number of Topliss-reactive ketones (excluding diaryl/α,β-unsaturated/α-hetero) is 1. The van der Waals surface area contributed by atoms with Gasteiger partial charge in [-0.2, -0.15) is 0 Å². The Bertz CT molecular complexity index is 612. The quantitative estimate of drug-likeness (QED) is 0.751. The molecule has 1 saturated carbocycles. The molecule has 0 radical (unpaired) electrons. The topological polar surface area (TPSA) is 17.1 Å². The molecule has 3 unspecified atom stereocenters. The molecule has 1 heteroatoms. The number of carbonyl (C=O) groups excluding carboxylic acids is 1. The van der Waals surface area contributed by atoms with Gasteiger partial charge in [-0.05, 0) is 54.2 Å². The van der Waals surface area contributed by atoms with Crippen molar-refractivity contribution in [2.45, 2.75) is 57.3 Å². The van der Waals surface area contributed by atoms with Crippen LogP contribution in [-0.4, -0.2) is 5.78 Å². The zero-order chi connectivity index (χ0) is 14.4. The van der Waals surface area contributed by atoms with Crippen LogP contribution in [0.15, 0.2) is 30.4 Å². The monoisotopic (exact) mass is 280 g/mol. The largest absolute Gasteiger partial charge is 0.299 e. The number of carbonyl (C=O) groups is 1. The summed E-state index contributed by atoms with van der Waals surface area (Å²) < 4.78 is 0. The van der Waals surface area contributed by atoms with Gasteiger partial charge >= 0.3 is 0 Å². The molecule has 110 valence electrons. The van der Waals surface area contributed by atoms with Crippen molar-refractivity contribution in [1.29, 1.82) is 0 Å². The van der Waals surface area contributed by atoms with Crippen molar-refractivity contribution in [3.8, 4) is 0 Å². The van der Waals surface area contributed by atoms with Gasteiger partial charge in [0.1, 0.15) is 5.78 Å². The molecule has 2 bridgehead atoms. The highest BCUT2D eigenvalue weighted by atomic mass is 16.1. The number of hydrogen-bond donors (Lipinski definition) is 0. The van der Waals surface area contributed by atoms with Crippen LogP contribution >= 0.6 is 0 Å². The van der Waals surface area contributed by atoms with E-state index in [1.807, 2.05) is 0 Å². The minimum Gasteiger partial charge on any atom is -0.299 e. The van der Waals surface area contributed by atoms with Crippen molar-refractivity contribution in [2.75, 3.05) is 0 Å². The molecule has 0 aliphatic heterocycles. The van der Waals surface area contributed by atoms with Crippen molar-refractivity contribution < 1.29 is 4.79 Å². The van der Waals surface area contributed by atoms with E-state index in [4.69, 9.17) is 0 Å². The van der Waals surface area contributed by atoms with Crippen LogP contribution in [0.3, 0.4) is 0 Å². The highest BCUT2D eigenvalue weighted by Crippen LogP contribution is 2.57. The summed E-state index contributed by atoms with van der Waals surface area (Å²) in [5.41, 5.74) is 4.50. The molecule has 0 N–H and O–H groups in total. The van der Waals surface area contributed by atoms with E-state index < -0.39 is 0 Å². The first-order valence-electron chi connectivity index (χ1n) is 8.54. The molecule has 0 saturated heterocycles. The third-order valence-electron chi connectivity index (χ3n) is 6.00. The van der Waals surface area contributed by atoms with E-state index >= 15 is 0 Å². The predicted molar refractivity (Wildman–Crippen MR) is 85.4 cm³/mol. The zero-order valence-corrected chi connectivity index (χ0v) is 12.9. The molecule has 1 nitrogen and oxygen atoms in total. The summed E-state index contributed by atoms with van der Waals surface area (Å²) >= 11 is 0. The maximum atomic E-state index is 12.5. The second kappa shape index (κ2) is 4.83. The lowest BCUT2D eigenvalue weighted by Gasteiger charge is -2.41. The first-order valence-corrected chi connectivity index (χ1v) is 8.54. The minimum atomic E-state index is 0.145. The summed E-state index contributed by atoms with van der Waals surface area (Å²) in [4.78, 5) is 12.5. The van der Waals surface area contributed by atoms with Gasteiger partial charge in [0, 0.05) is 18.3 Å².